The van der Waals surface area contributed by atoms with Gasteiger partial charge in [0.1, 0.15) is 0 Å². The number of piperidine rings is 2. The maximum Gasteiger partial charge on any atom is 0.170 e. The Balaban J connectivity index is 1.34. The molecule has 4 rings (SSSR count). The second-order valence-electron chi connectivity index (χ2n) is 7.55. The van der Waals surface area contributed by atoms with Crippen molar-refractivity contribution in [3.8, 4) is 0 Å². The number of fused-ring (bicyclic) bond motifs is 2. The standard InChI is InChI=1S/C19H27N3S/c1-13-5-7-14(8-6-13)20-19(23)21-15-11-17-3-2-4-18(12-15)22(17)16-9-10-16/h5-8,15-18H,2-4,9-12H2,1H3,(H2,20,21,23)/t17-,18-/m1/s1. The van der Waals surface area contributed by atoms with Crippen LogP contribution in [0.15, 0.2) is 24.3 Å². The molecule has 1 aromatic rings. The van der Waals surface area contributed by atoms with Crippen molar-refractivity contribution in [3.63, 3.8) is 0 Å². The van der Waals surface area contributed by atoms with E-state index in [1.165, 1.54) is 50.5 Å². The fraction of sp³-hybridized carbons (Fsp3) is 0.632. The van der Waals surface area contributed by atoms with E-state index in [9.17, 15) is 0 Å². The first-order valence-corrected chi connectivity index (χ1v) is 9.51. The van der Waals surface area contributed by atoms with Gasteiger partial charge in [0.25, 0.3) is 0 Å². The van der Waals surface area contributed by atoms with Crippen molar-refractivity contribution in [2.75, 3.05) is 5.32 Å². The van der Waals surface area contributed by atoms with Crippen molar-refractivity contribution in [1.82, 2.24) is 10.2 Å². The minimum atomic E-state index is 0.533. The largest absolute Gasteiger partial charge is 0.360 e. The second-order valence-corrected chi connectivity index (χ2v) is 7.96. The van der Waals surface area contributed by atoms with Gasteiger partial charge in [-0.3, -0.25) is 4.90 Å². The third-order valence-electron chi connectivity index (χ3n) is 5.64. The Morgan fingerprint density at radius 3 is 2.26 bits per heavy atom. The molecule has 1 aromatic carbocycles. The van der Waals surface area contributed by atoms with Crippen molar-refractivity contribution in [2.45, 2.75) is 76.0 Å². The molecule has 2 aliphatic heterocycles. The van der Waals surface area contributed by atoms with Crippen LogP contribution in [0.1, 0.15) is 50.5 Å². The molecule has 0 aromatic heterocycles. The highest BCUT2D eigenvalue weighted by Crippen LogP contribution is 2.41. The molecule has 3 nitrogen and oxygen atoms in total. The molecule has 0 amide bonds. The molecule has 2 saturated heterocycles. The quantitative estimate of drug-likeness (QED) is 0.824. The van der Waals surface area contributed by atoms with Crippen LogP contribution in [-0.4, -0.2) is 34.2 Å². The van der Waals surface area contributed by atoms with Gasteiger partial charge in [-0.1, -0.05) is 24.1 Å². The summed E-state index contributed by atoms with van der Waals surface area (Å²) in [6.07, 6.45) is 9.53. The molecule has 3 aliphatic rings. The molecular formula is C19H27N3S. The van der Waals surface area contributed by atoms with Gasteiger partial charge in [-0.2, -0.15) is 0 Å². The van der Waals surface area contributed by atoms with Crippen LogP contribution in [-0.2, 0) is 0 Å². The number of aryl methyl sites for hydroxylation is 1. The van der Waals surface area contributed by atoms with E-state index in [0.29, 0.717) is 6.04 Å². The van der Waals surface area contributed by atoms with E-state index in [1.54, 1.807) is 0 Å². The lowest BCUT2D eigenvalue weighted by molar-refractivity contribution is 0.0209. The minimum absolute atomic E-state index is 0.533. The number of rotatable bonds is 3. The Bertz CT molecular complexity index is 552. The van der Waals surface area contributed by atoms with Gasteiger partial charge in [-0.15, -0.1) is 0 Å². The van der Waals surface area contributed by atoms with Gasteiger partial charge in [-0.25, -0.2) is 0 Å². The Kier molecular flexibility index (Phi) is 4.29. The average Bonchev–Trinajstić information content (AvgIpc) is 3.33. The summed E-state index contributed by atoms with van der Waals surface area (Å²) in [5, 5.41) is 7.69. The summed E-state index contributed by atoms with van der Waals surface area (Å²) in [4.78, 5) is 2.86. The molecule has 23 heavy (non-hydrogen) atoms. The highest BCUT2D eigenvalue weighted by molar-refractivity contribution is 7.80. The lowest BCUT2D eigenvalue weighted by atomic mass is 9.81. The normalized spacial score (nSPS) is 30.7. The number of nitrogens with zero attached hydrogens (tertiary/aromatic N) is 1. The van der Waals surface area contributed by atoms with Crippen LogP contribution < -0.4 is 10.6 Å². The predicted molar refractivity (Wildman–Crippen MR) is 99.8 cm³/mol. The number of benzene rings is 1. The van der Waals surface area contributed by atoms with E-state index in [2.05, 4.69) is 46.7 Å². The van der Waals surface area contributed by atoms with E-state index in [-0.39, 0.29) is 0 Å². The fourth-order valence-electron chi connectivity index (χ4n) is 4.49. The fourth-order valence-corrected chi connectivity index (χ4v) is 4.78. The SMILES string of the molecule is Cc1ccc(NC(=S)NC2C[C@H]3CCC[C@H](C2)N3C2CC2)cc1. The van der Waals surface area contributed by atoms with Crippen LogP contribution in [0, 0.1) is 6.92 Å². The van der Waals surface area contributed by atoms with Crippen molar-refractivity contribution < 1.29 is 0 Å². The van der Waals surface area contributed by atoms with Crippen molar-refractivity contribution in [3.05, 3.63) is 29.8 Å². The predicted octanol–water partition coefficient (Wildman–Crippen LogP) is 3.83. The molecule has 4 heteroatoms. The van der Waals surface area contributed by atoms with Crippen molar-refractivity contribution in [2.24, 2.45) is 0 Å². The second kappa shape index (κ2) is 6.40. The molecule has 0 unspecified atom stereocenters. The lowest BCUT2D eigenvalue weighted by Crippen LogP contribution is -2.57. The van der Waals surface area contributed by atoms with Gasteiger partial charge in [-0.05, 0) is 69.8 Å². The van der Waals surface area contributed by atoms with Crippen molar-refractivity contribution in [1.29, 1.82) is 0 Å². The summed E-state index contributed by atoms with van der Waals surface area (Å²) in [7, 11) is 0. The van der Waals surface area contributed by atoms with Crippen LogP contribution in [0.3, 0.4) is 0 Å². The van der Waals surface area contributed by atoms with Gasteiger partial charge in [0.05, 0.1) is 0 Å². The van der Waals surface area contributed by atoms with Gasteiger partial charge in [0.15, 0.2) is 5.11 Å². The Morgan fingerprint density at radius 2 is 1.65 bits per heavy atom. The summed E-state index contributed by atoms with van der Waals surface area (Å²) in [5.74, 6) is 0. The van der Waals surface area contributed by atoms with Gasteiger partial charge >= 0.3 is 0 Å². The maximum atomic E-state index is 5.54. The molecule has 0 spiro atoms. The van der Waals surface area contributed by atoms with Gasteiger partial charge < -0.3 is 10.6 Å². The minimum Gasteiger partial charge on any atom is -0.360 e. The van der Waals surface area contributed by atoms with Crippen LogP contribution in [0.25, 0.3) is 0 Å². The zero-order valence-corrected chi connectivity index (χ0v) is 14.7. The maximum absolute atomic E-state index is 5.54. The molecular weight excluding hydrogens is 302 g/mol. The number of anilines is 1. The molecule has 2 atom stereocenters. The third-order valence-corrected chi connectivity index (χ3v) is 5.86. The average molecular weight is 330 g/mol. The third kappa shape index (κ3) is 3.53. The molecule has 124 valence electrons. The summed E-state index contributed by atoms with van der Waals surface area (Å²) in [5.41, 5.74) is 2.35. The Morgan fingerprint density at radius 1 is 1.00 bits per heavy atom. The molecule has 1 aliphatic carbocycles. The molecule has 2 N–H and O–H groups in total. The Labute approximate surface area is 144 Å². The summed E-state index contributed by atoms with van der Waals surface area (Å²) >= 11 is 5.54. The zero-order valence-electron chi connectivity index (χ0n) is 13.9. The smallest absolute Gasteiger partial charge is 0.170 e. The highest BCUT2D eigenvalue weighted by Gasteiger charge is 2.44. The first-order valence-electron chi connectivity index (χ1n) is 9.10. The Hall–Kier alpha value is -1.13. The van der Waals surface area contributed by atoms with Crippen LogP contribution >= 0.6 is 12.2 Å². The number of hydrogen-bond acceptors (Lipinski definition) is 2. The van der Waals surface area contributed by atoms with Gasteiger partial charge in [0, 0.05) is 29.9 Å². The molecule has 3 fully saturated rings. The number of thiocarbonyl (C=S) groups is 1. The van der Waals surface area contributed by atoms with Crippen LogP contribution in [0.4, 0.5) is 5.69 Å². The van der Waals surface area contributed by atoms with Crippen molar-refractivity contribution >= 4 is 23.0 Å². The topological polar surface area (TPSA) is 27.3 Å². The number of nitrogens with one attached hydrogen (secondary N) is 2. The summed E-state index contributed by atoms with van der Waals surface area (Å²) in [6, 6.07) is 11.4. The molecule has 1 saturated carbocycles. The summed E-state index contributed by atoms with van der Waals surface area (Å²) in [6.45, 7) is 2.10. The van der Waals surface area contributed by atoms with E-state index < -0.39 is 0 Å². The van der Waals surface area contributed by atoms with Gasteiger partial charge in [0.2, 0.25) is 0 Å². The summed E-state index contributed by atoms with van der Waals surface area (Å²) < 4.78 is 0. The zero-order chi connectivity index (χ0) is 15.8. The first-order chi connectivity index (χ1) is 11.2. The molecule has 2 bridgehead atoms. The van der Waals surface area contributed by atoms with Crippen LogP contribution in [0.2, 0.25) is 0 Å². The number of hydrogen-bond donors (Lipinski definition) is 2. The molecule has 2 heterocycles. The lowest BCUT2D eigenvalue weighted by Gasteiger charge is -2.49. The van der Waals surface area contributed by atoms with E-state index >= 15 is 0 Å². The van der Waals surface area contributed by atoms with Crippen LogP contribution in [0.5, 0.6) is 0 Å². The first kappa shape index (κ1) is 15.4. The highest BCUT2D eigenvalue weighted by atomic mass is 32.1. The molecule has 0 radical (unpaired) electrons. The van der Waals surface area contributed by atoms with E-state index in [0.717, 1.165) is 28.9 Å². The van der Waals surface area contributed by atoms with E-state index in [4.69, 9.17) is 12.2 Å². The monoisotopic (exact) mass is 329 g/mol. The van der Waals surface area contributed by atoms with E-state index in [1.807, 2.05) is 0 Å².